The Bertz CT molecular complexity index is 2300. The van der Waals surface area contributed by atoms with Crippen molar-refractivity contribution in [3.05, 3.63) is 129 Å². The minimum atomic E-state index is -1.34. The van der Waals surface area contributed by atoms with E-state index in [9.17, 15) is 28.8 Å². The van der Waals surface area contributed by atoms with Gasteiger partial charge in [0.2, 0.25) is 12.6 Å². The zero-order valence-electron chi connectivity index (χ0n) is 44.7. The van der Waals surface area contributed by atoms with Gasteiger partial charge in [0.15, 0.2) is 11.2 Å². The van der Waals surface area contributed by atoms with E-state index < -0.39 is 48.0 Å². The zero-order valence-corrected chi connectivity index (χ0v) is 45.0. The number of hydrogen-bond donors (Lipinski definition) is 4. The average molecular weight is 1120 g/mol. The van der Waals surface area contributed by atoms with Crippen molar-refractivity contribution in [2.45, 2.75) is 114 Å². The van der Waals surface area contributed by atoms with Crippen LogP contribution in [0.1, 0.15) is 112 Å². The summed E-state index contributed by atoms with van der Waals surface area (Å²) >= 11 is 11.7. The minimum Gasteiger partial charge on any atom is -0.476 e. The Morgan fingerprint density at radius 2 is 0.933 bits per heavy atom. The lowest BCUT2D eigenvalue weighted by atomic mass is 10.1. The minimum absolute atomic E-state index is 0. The molecule has 0 aromatic heterocycles. The molecule has 420 valence electrons. The highest BCUT2D eigenvalue weighted by Crippen LogP contribution is 2.23. The van der Waals surface area contributed by atoms with E-state index in [0.29, 0.717) is 72.0 Å². The topological polar surface area (TPSA) is 238 Å². The number of nitrogens with one attached hydrogen (secondary N) is 3. The molecule has 4 rings (SSSR count). The summed E-state index contributed by atoms with van der Waals surface area (Å²) in [6.07, 6.45) is -2.99. The van der Waals surface area contributed by atoms with Crippen LogP contribution in [0.15, 0.2) is 97.1 Å². The Balaban J connectivity index is -0.00000127. The highest BCUT2D eigenvalue weighted by molar-refractivity contribution is 6.31. The van der Waals surface area contributed by atoms with Crippen molar-refractivity contribution >= 4 is 71.7 Å². The molecule has 0 bridgehead atoms. The van der Waals surface area contributed by atoms with Crippen molar-refractivity contribution in [3.63, 3.8) is 0 Å². The van der Waals surface area contributed by atoms with Crippen LogP contribution < -0.4 is 31.2 Å². The molecule has 2 unspecified atom stereocenters. The number of amides is 2. The molecule has 2 amide bonds. The fraction of sp³-hybridized carbons (Fsp3) is 0.444. The molecule has 5 N–H and O–H groups in total. The molecular formula is C54H79Cl3N4O14. The molecule has 4 aromatic carbocycles. The second kappa shape index (κ2) is 38.3. The van der Waals surface area contributed by atoms with Gasteiger partial charge in [-0.05, 0) is 132 Å². The highest BCUT2D eigenvalue weighted by Gasteiger charge is 2.35. The fourth-order valence-corrected chi connectivity index (χ4v) is 5.77. The van der Waals surface area contributed by atoms with Gasteiger partial charge in [0.1, 0.15) is 24.7 Å². The van der Waals surface area contributed by atoms with Crippen molar-refractivity contribution in [2.75, 3.05) is 46.4 Å². The van der Waals surface area contributed by atoms with Crippen molar-refractivity contribution in [1.29, 1.82) is 0 Å². The molecule has 4 aromatic rings. The number of rotatable bonds is 23. The molecule has 0 saturated carbocycles. The highest BCUT2D eigenvalue weighted by atomic mass is 35.5. The lowest BCUT2D eigenvalue weighted by Gasteiger charge is -2.26. The van der Waals surface area contributed by atoms with E-state index in [-0.39, 0.29) is 58.8 Å². The fourth-order valence-electron chi connectivity index (χ4n) is 5.52. The number of ether oxygens (including phenoxy) is 8. The van der Waals surface area contributed by atoms with Crippen LogP contribution in [-0.4, -0.2) is 106 Å². The Morgan fingerprint density at radius 1 is 0.600 bits per heavy atom. The number of hydrogen-bond acceptors (Lipinski definition) is 16. The average Bonchev–Trinajstić information content (AvgIpc) is 3.35. The third kappa shape index (κ3) is 28.8. The van der Waals surface area contributed by atoms with E-state index >= 15 is 0 Å². The van der Waals surface area contributed by atoms with Crippen molar-refractivity contribution < 1.29 is 69.4 Å². The summed E-state index contributed by atoms with van der Waals surface area (Å²) in [5.74, 6) is -0.871. The molecule has 0 heterocycles. The second-order valence-electron chi connectivity index (χ2n) is 15.8. The van der Waals surface area contributed by atoms with E-state index in [0.717, 1.165) is 11.1 Å². The van der Waals surface area contributed by atoms with Crippen LogP contribution >= 0.6 is 35.6 Å². The van der Waals surface area contributed by atoms with E-state index in [1.807, 2.05) is 24.3 Å². The van der Waals surface area contributed by atoms with E-state index in [1.54, 1.807) is 101 Å². The van der Waals surface area contributed by atoms with Gasteiger partial charge >= 0.3 is 24.2 Å². The first kappa shape index (κ1) is 68.7. The molecule has 0 aliphatic heterocycles. The first-order chi connectivity index (χ1) is 35.1. The number of benzene rings is 4. The number of carbonyl (C=O) groups is 6. The van der Waals surface area contributed by atoms with Crippen molar-refractivity contribution in [3.8, 4) is 11.5 Å². The number of halogens is 3. The standard InChI is InChI=1S/C25H31ClN2O7.C24H29ClN2O7.C2H6.3CH4.ClH/c1-17(34-24(31)32-16-15-27-4)33-23(30)25(2,3)35-21-11-5-18(6-12-21)13-14-28-22(29)19-7-9-20(26)10-8-19;1-16(33-23(30)31-15-13-26)32-22(29)24(2,3)34-20-10-4-17(5-11-20)12-14-27-21(28)18-6-8-19(25)9-7-18;1-2;;;;/h5-12,17,27H,13-16H2,1-4H3,(H,28,29);4-11,16H,12-15,26H2,1-3H3,(H,27,28);1-2H3;3*1H4;1H/i;;1D;1T;;;. The van der Waals surface area contributed by atoms with Gasteiger partial charge in [-0.15, -0.1) is 12.4 Å². The first-order valence-corrected chi connectivity index (χ1v) is 23.2. The lowest BCUT2D eigenvalue weighted by molar-refractivity contribution is -0.184. The second-order valence-corrected chi connectivity index (χ2v) is 16.7. The summed E-state index contributed by atoms with van der Waals surface area (Å²) in [6, 6.07) is 27.6. The molecule has 0 spiro atoms. The van der Waals surface area contributed by atoms with Gasteiger partial charge in [0.05, 0.1) is 0 Å². The largest absolute Gasteiger partial charge is 0.511 e. The zero-order chi connectivity index (χ0) is 55.7. The molecule has 2 atom stereocenters. The van der Waals surface area contributed by atoms with Crippen LogP contribution in [0, 0.1) is 0 Å². The summed E-state index contributed by atoms with van der Waals surface area (Å²) in [4.78, 5) is 72.2. The van der Waals surface area contributed by atoms with Gasteiger partial charge in [0.25, 0.3) is 11.8 Å². The molecule has 75 heavy (non-hydrogen) atoms. The summed E-state index contributed by atoms with van der Waals surface area (Å²) in [6.45, 7) is 12.9. The lowest BCUT2D eigenvalue weighted by Crippen LogP contribution is -2.42. The van der Waals surface area contributed by atoms with Crippen molar-refractivity contribution in [1.82, 2.24) is 16.0 Å². The first-order valence-electron chi connectivity index (χ1n) is 24.2. The Kier molecular flexibility index (Phi) is 35.1. The molecule has 21 heteroatoms. The van der Waals surface area contributed by atoms with Crippen LogP contribution in [0.5, 0.6) is 11.5 Å². The van der Waals surface area contributed by atoms with Gasteiger partial charge in [-0.3, -0.25) is 9.59 Å². The molecule has 0 saturated heterocycles. The van der Waals surface area contributed by atoms with Gasteiger partial charge < -0.3 is 59.6 Å². The molecule has 0 aliphatic carbocycles. The molecule has 0 radical (unpaired) electrons. The Morgan fingerprint density at radius 3 is 1.25 bits per heavy atom. The van der Waals surface area contributed by atoms with Crippen LogP contribution in [0.4, 0.5) is 9.59 Å². The van der Waals surface area contributed by atoms with Gasteiger partial charge in [-0.25, -0.2) is 19.2 Å². The van der Waals surface area contributed by atoms with E-state index in [2.05, 4.69) is 20.7 Å². The number of esters is 2. The maximum atomic E-state index is 12.5. The van der Waals surface area contributed by atoms with Crippen LogP contribution in [0.2, 0.25) is 10.0 Å². The van der Waals surface area contributed by atoms with Crippen LogP contribution in [-0.2, 0) is 50.9 Å². The van der Waals surface area contributed by atoms with Crippen molar-refractivity contribution in [2.24, 2.45) is 5.73 Å². The van der Waals surface area contributed by atoms with E-state index in [4.69, 9.17) is 64.8 Å². The smallest absolute Gasteiger partial charge is 0.476 e. The Hall–Kier alpha value is -6.31. The number of nitrogens with two attached hydrogens (primary N) is 1. The van der Waals surface area contributed by atoms with Crippen LogP contribution in [0.25, 0.3) is 0 Å². The summed E-state index contributed by atoms with van der Waals surface area (Å²) in [7, 11) is 2.97. The van der Waals surface area contributed by atoms with Gasteiger partial charge in [0, 0.05) is 63.9 Å². The van der Waals surface area contributed by atoms with Gasteiger partial charge in [-0.1, -0.05) is 83.5 Å². The molecule has 0 aliphatic rings. The summed E-state index contributed by atoms with van der Waals surface area (Å²) in [5, 5.41) is 9.68. The maximum absolute atomic E-state index is 12.5. The predicted octanol–water partition coefficient (Wildman–Crippen LogP) is 10.6. The van der Waals surface area contributed by atoms with Crippen LogP contribution in [0.3, 0.4) is 0 Å². The molecule has 18 nitrogen and oxygen atoms in total. The SMILES string of the molecule is C.C.CC(OC(=O)OCCN)OC(=O)C(C)(C)Oc1ccc(CCNC(=O)c2ccc(Cl)cc2)cc1.CNCCOC(=O)OC(C)OC(=O)C(C)(C)Oc1ccc(CCNC(=O)c2ccc(Cl)cc2)cc1.Cl.[2H]CC.[3H]C. The predicted molar refractivity (Wildman–Crippen MR) is 295 cm³/mol. The number of likely N-dealkylation sites (N-methyl/N-ethyl adjacent to an activating group) is 1. The monoisotopic (exact) mass is 1120 g/mol. The van der Waals surface area contributed by atoms with E-state index in [1.165, 1.54) is 35.1 Å². The maximum Gasteiger partial charge on any atom is 0.511 e. The number of carbonyl (C=O) groups excluding carboxylic acids is 6. The summed E-state index contributed by atoms with van der Waals surface area (Å²) < 4.78 is 53.0. The third-order valence-corrected chi connectivity index (χ3v) is 9.67. The summed E-state index contributed by atoms with van der Waals surface area (Å²) in [5.41, 5.74) is 5.59. The van der Waals surface area contributed by atoms with Gasteiger partial charge in [-0.2, -0.15) is 0 Å². The normalized spacial score (nSPS) is 11.2. The quantitative estimate of drug-likeness (QED) is 0.0234. The Labute approximate surface area is 462 Å². The third-order valence-electron chi connectivity index (χ3n) is 9.17. The molecule has 0 fully saturated rings. The molecular weight excluding hydrogens is 1030 g/mol.